The van der Waals surface area contributed by atoms with E-state index in [9.17, 15) is 13.2 Å². The quantitative estimate of drug-likeness (QED) is 0.886. The van der Waals surface area contributed by atoms with Crippen molar-refractivity contribution >= 4 is 21.6 Å². The molecular formula is C14H18BrF3N2. The Morgan fingerprint density at radius 1 is 1.30 bits per heavy atom. The molecule has 20 heavy (non-hydrogen) atoms. The number of benzene rings is 1. The van der Waals surface area contributed by atoms with Crippen molar-refractivity contribution in [2.45, 2.75) is 37.9 Å². The average Bonchev–Trinajstić information content (AvgIpc) is 2.38. The maximum Gasteiger partial charge on any atom is 0.418 e. The summed E-state index contributed by atoms with van der Waals surface area (Å²) in [5, 5.41) is 0. The topological polar surface area (TPSA) is 29.3 Å². The largest absolute Gasteiger partial charge is 0.418 e. The third-order valence-electron chi connectivity index (χ3n) is 3.70. The van der Waals surface area contributed by atoms with Gasteiger partial charge in [0.05, 0.1) is 11.3 Å². The first kappa shape index (κ1) is 15.6. The monoisotopic (exact) mass is 350 g/mol. The third kappa shape index (κ3) is 3.47. The summed E-state index contributed by atoms with van der Waals surface area (Å²) >= 11 is 3.27. The first-order valence-corrected chi connectivity index (χ1v) is 7.56. The van der Waals surface area contributed by atoms with Crippen LogP contribution in [-0.4, -0.2) is 19.1 Å². The van der Waals surface area contributed by atoms with Crippen molar-refractivity contribution in [1.82, 2.24) is 0 Å². The van der Waals surface area contributed by atoms with E-state index in [0.717, 1.165) is 31.7 Å². The normalized spacial score (nSPS) is 20.2. The zero-order chi connectivity index (χ0) is 14.8. The molecule has 1 heterocycles. The van der Waals surface area contributed by atoms with Crippen LogP contribution in [0.2, 0.25) is 0 Å². The van der Waals surface area contributed by atoms with Crippen LogP contribution in [0.3, 0.4) is 0 Å². The van der Waals surface area contributed by atoms with Crippen LogP contribution in [0.5, 0.6) is 0 Å². The van der Waals surface area contributed by atoms with Gasteiger partial charge in [0.1, 0.15) is 0 Å². The molecule has 1 fully saturated rings. The standard InChI is InChI=1S/C14H18BrF3N2/c15-10-4-5-12(14(16,17)18)13(9-10)20-8-2-1-3-11(20)6-7-19/h4-5,9,11H,1-3,6-8,19H2. The fourth-order valence-electron chi connectivity index (χ4n) is 2.79. The van der Waals surface area contributed by atoms with Crippen LogP contribution < -0.4 is 10.6 Å². The summed E-state index contributed by atoms with van der Waals surface area (Å²) in [5.74, 6) is 0. The van der Waals surface area contributed by atoms with Crippen LogP contribution in [0.25, 0.3) is 0 Å². The zero-order valence-corrected chi connectivity index (χ0v) is 12.7. The van der Waals surface area contributed by atoms with Gasteiger partial charge in [-0.15, -0.1) is 0 Å². The van der Waals surface area contributed by atoms with Crippen molar-refractivity contribution in [2.75, 3.05) is 18.0 Å². The van der Waals surface area contributed by atoms with Gasteiger partial charge >= 0.3 is 6.18 Å². The zero-order valence-electron chi connectivity index (χ0n) is 11.1. The predicted octanol–water partition coefficient (Wildman–Crippen LogP) is 4.18. The van der Waals surface area contributed by atoms with E-state index in [1.54, 1.807) is 6.07 Å². The number of alkyl halides is 3. The molecule has 1 aliphatic heterocycles. The first-order valence-electron chi connectivity index (χ1n) is 6.77. The maximum absolute atomic E-state index is 13.2. The molecule has 2 rings (SSSR count). The first-order chi connectivity index (χ1) is 9.43. The molecule has 112 valence electrons. The van der Waals surface area contributed by atoms with Gasteiger partial charge in [0, 0.05) is 17.1 Å². The number of nitrogens with two attached hydrogens (primary N) is 1. The minimum absolute atomic E-state index is 0.101. The van der Waals surface area contributed by atoms with E-state index in [0.29, 0.717) is 17.6 Å². The van der Waals surface area contributed by atoms with Crippen LogP contribution in [-0.2, 0) is 6.18 Å². The third-order valence-corrected chi connectivity index (χ3v) is 4.19. The number of piperidine rings is 1. The van der Waals surface area contributed by atoms with Gasteiger partial charge in [-0.25, -0.2) is 0 Å². The number of hydrogen-bond acceptors (Lipinski definition) is 2. The van der Waals surface area contributed by atoms with Crippen molar-refractivity contribution in [1.29, 1.82) is 0 Å². The number of anilines is 1. The lowest BCUT2D eigenvalue weighted by atomic mass is 9.97. The lowest BCUT2D eigenvalue weighted by Gasteiger charge is -2.39. The number of halogens is 4. The molecular weight excluding hydrogens is 333 g/mol. The Morgan fingerprint density at radius 3 is 2.70 bits per heavy atom. The fraction of sp³-hybridized carbons (Fsp3) is 0.571. The summed E-state index contributed by atoms with van der Waals surface area (Å²) in [6, 6.07) is 4.25. The Labute approximate surface area is 125 Å². The van der Waals surface area contributed by atoms with Crippen molar-refractivity contribution < 1.29 is 13.2 Å². The molecule has 0 radical (unpaired) electrons. The van der Waals surface area contributed by atoms with Gasteiger partial charge in [-0.3, -0.25) is 0 Å². The van der Waals surface area contributed by atoms with E-state index < -0.39 is 11.7 Å². The highest BCUT2D eigenvalue weighted by molar-refractivity contribution is 9.10. The number of hydrogen-bond donors (Lipinski definition) is 1. The van der Waals surface area contributed by atoms with Crippen molar-refractivity contribution in [3.8, 4) is 0 Å². The van der Waals surface area contributed by atoms with Crippen LogP contribution in [0.15, 0.2) is 22.7 Å². The summed E-state index contributed by atoms with van der Waals surface area (Å²) in [4.78, 5) is 1.88. The van der Waals surface area contributed by atoms with Crippen molar-refractivity contribution in [3.63, 3.8) is 0 Å². The average molecular weight is 351 g/mol. The highest BCUT2D eigenvalue weighted by atomic mass is 79.9. The summed E-state index contributed by atoms with van der Waals surface area (Å²) in [5.41, 5.74) is 5.30. The van der Waals surface area contributed by atoms with Crippen LogP contribution in [0.1, 0.15) is 31.2 Å². The lowest BCUT2D eigenvalue weighted by Crippen LogP contribution is -2.41. The smallest absolute Gasteiger partial charge is 0.368 e. The second-order valence-electron chi connectivity index (χ2n) is 5.08. The van der Waals surface area contributed by atoms with E-state index in [-0.39, 0.29) is 11.7 Å². The van der Waals surface area contributed by atoms with E-state index in [1.165, 1.54) is 6.07 Å². The Morgan fingerprint density at radius 2 is 2.05 bits per heavy atom. The van der Waals surface area contributed by atoms with E-state index in [1.807, 2.05) is 4.90 Å². The Kier molecular flexibility index (Phi) is 4.96. The van der Waals surface area contributed by atoms with E-state index in [4.69, 9.17) is 5.73 Å². The van der Waals surface area contributed by atoms with Gasteiger partial charge in [0.15, 0.2) is 0 Å². The number of rotatable bonds is 3. The molecule has 1 unspecified atom stereocenters. The SMILES string of the molecule is NCCC1CCCCN1c1cc(Br)ccc1C(F)(F)F. The summed E-state index contributed by atoms with van der Waals surface area (Å²) < 4.78 is 40.2. The van der Waals surface area contributed by atoms with E-state index in [2.05, 4.69) is 15.9 Å². The molecule has 2 N–H and O–H groups in total. The van der Waals surface area contributed by atoms with Gasteiger partial charge in [0.25, 0.3) is 0 Å². The molecule has 1 aromatic rings. The molecule has 6 heteroatoms. The molecule has 0 spiro atoms. The number of nitrogens with zero attached hydrogens (tertiary/aromatic N) is 1. The van der Waals surface area contributed by atoms with Gasteiger partial charge in [-0.1, -0.05) is 15.9 Å². The highest BCUT2D eigenvalue weighted by Crippen LogP contribution is 2.40. The molecule has 0 amide bonds. The molecule has 0 saturated carbocycles. The minimum atomic E-state index is -4.33. The van der Waals surface area contributed by atoms with Crippen LogP contribution >= 0.6 is 15.9 Å². The summed E-state index contributed by atoms with van der Waals surface area (Å²) in [6.45, 7) is 1.15. The summed E-state index contributed by atoms with van der Waals surface area (Å²) in [6.07, 6.45) is -0.729. The van der Waals surface area contributed by atoms with Gasteiger partial charge in [-0.05, 0) is 50.4 Å². The molecule has 0 aliphatic carbocycles. The predicted molar refractivity (Wildman–Crippen MR) is 77.8 cm³/mol. The highest BCUT2D eigenvalue weighted by Gasteiger charge is 2.36. The second-order valence-corrected chi connectivity index (χ2v) is 6.00. The Bertz CT molecular complexity index is 460. The van der Waals surface area contributed by atoms with Crippen molar-refractivity contribution in [2.24, 2.45) is 5.73 Å². The molecule has 1 aromatic carbocycles. The maximum atomic E-state index is 13.2. The molecule has 1 atom stereocenters. The van der Waals surface area contributed by atoms with Gasteiger partial charge < -0.3 is 10.6 Å². The molecule has 0 aromatic heterocycles. The fourth-order valence-corrected chi connectivity index (χ4v) is 3.14. The lowest BCUT2D eigenvalue weighted by molar-refractivity contribution is -0.137. The van der Waals surface area contributed by atoms with Gasteiger partial charge in [0.2, 0.25) is 0 Å². The van der Waals surface area contributed by atoms with E-state index >= 15 is 0 Å². The minimum Gasteiger partial charge on any atom is -0.368 e. The molecule has 1 saturated heterocycles. The van der Waals surface area contributed by atoms with Crippen molar-refractivity contribution in [3.05, 3.63) is 28.2 Å². The summed E-state index contributed by atoms with van der Waals surface area (Å²) in [7, 11) is 0. The Balaban J connectivity index is 2.40. The van der Waals surface area contributed by atoms with Crippen LogP contribution in [0.4, 0.5) is 18.9 Å². The molecule has 1 aliphatic rings. The van der Waals surface area contributed by atoms with Crippen LogP contribution in [0, 0.1) is 0 Å². The molecule has 0 bridgehead atoms. The molecule has 2 nitrogen and oxygen atoms in total. The second kappa shape index (κ2) is 6.35. The Hall–Kier alpha value is -0.750. The van der Waals surface area contributed by atoms with Gasteiger partial charge in [-0.2, -0.15) is 13.2 Å².